The van der Waals surface area contributed by atoms with Crippen LogP contribution in [-0.2, 0) is 0 Å². The summed E-state index contributed by atoms with van der Waals surface area (Å²) in [5.41, 5.74) is 4.17. The first-order chi connectivity index (χ1) is 8.60. The summed E-state index contributed by atoms with van der Waals surface area (Å²) < 4.78 is 0. The van der Waals surface area contributed by atoms with Crippen molar-refractivity contribution in [3.05, 3.63) is 29.8 Å². The SMILES string of the molecule is Cc1nccc(-c2nc(NN)cc(C(C)C)n2)n1. The van der Waals surface area contributed by atoms with E-state index in [0.29, 0.717) is 29.1 Å². The topological polar surface area (TPSA) is 89.6 Å². The fourth-order valence-electron chi connectivity index (χ4n) is 1.53. The van der Waals surface area contributed by atoms with E-state index in [9.17, 15) is 0 Å². The minimum absolute atomic E-state index is 0.293. The first kappa shape index (κ1) is 12.4. The second-order valence-corrected chi connectivity index (χ2v) is 4.29. The highest BCUT2D eigenvalue weighted by molar-refractivity contribution is 5.52. The lowest BCUT2D eigenvalue weighted by Gasteiger charge is -2.09. The Labute approximate surface area is 106 Å². The molecule has 0 amide bonds. The predicted octanol–water partition coefficient (Wildman–Crippen LogP) is 1.65. The standard InChI is InChI=1S/C12H16N6/c1-7(2)10-6-11(18-13)17-12(16-10)9-4-5-14-8(3)15-9/h4-7H,13H2,1-3H3,(H,16,17,18). The zero-order chi connectivity index (χ0) is 13.1. The monoisotopic (exact) mass is 244 g/mol. The van der Waals surface area contributed by atoms with Crippen LogP contribution in [0.4, 0.5) is 5.82 Å². The maximum atomic E-state index is 5.42. The number of anilines is 1. The van der Waals surface area contributed by atoms with Gasteiger partial charge in [0, 0.05) is 18.0 Å². The number of nitrogens with one attached hydrogen (secondary N) is 1. The van der Waals surface area contributed by atoms with Gasteiger partial charge in [-0.1, -0.05) is 13.8 Å². The third kappa shape index (κ3) is 2.60. The molecule has 0 aliphatic carbocycles. The van der Waals surface area contributed by atoms with Gasteiger partial charge in [0.2, 0.25) is 0 Å². The third-order valence-electron chi connectivity index (χ3n) is 2.49. The molecule has 2 aromatic heterocycles. The van der Waals surface area contributed by atoms with Crippen molar-refractivity contribution in [3.63, 3.8) is 0 Å². The van der Waals surface area contributed by atoms with E-state index >= 15 is 0 Å². The highest BCUT2D eigenvalue weighted by atomic mass is 15.3. The lowest BCUT2D eigenvalue weighted by molar-refractivity contribution is 0.815. The van der Waals surface area contributed by atoms with Gasteiger partial charge in [-0.05, 0) is 18.9 Å². The Balaban J connectivity index is 2.53. The lowest BCUT2D eigenvalue weighted by Crippen LogP contribution is -2.11. The molecule has 0 unspecified atom stereocenters. The minimum Gasteiger partial charge on any atom is -0.308 e. The van der Waals surface area contributed by atoms with Gasteiger partial charge in [0.25, 0.3) is 0 Å². The number of nitrogens with zero attached hydrogens (tertiary/aromatic N) is 4. The van der Waals surface area contributed by atoms with Crippen molar-refractivity contribution in [1.29, 1.82) is 0 Å². The lowest BCUT2D eigenvalue weighted by atomic mass is 10.1. The van der Waals surface area contributed by atoms with E-state index in [2.05, 4.69) is 39.2 Å². The average Bonchev–Trinajstić information content (AvgIpc) is 2.38. The van der Waals surface area contributed by atoms with Crippen LogP contribution in [0.3, 0.4) is 0 Å². The summed E-state index contributed by atoms with van der Waals surface area (Å²) in [5.74, 6) is 7.54. The van der Waals surface area contributed by atoms with Crippen molar-refractivity contribution in [2.45, 2.75) is 26.7 Å². The van der Waals surface area contributed by atoms with Crippen molar-refractivity contribution < 1.29 is 0 Å². The van der Waals surface area contributed by atoms with E-state index in [1.807, 2.05) is 13.0 Å². The van der Waals surface area contributed by atoms with E-state index in [1.54, 1.807) is 12.3 Å². The average molecular weight is 244 g/mol. The molecule has 0 radical (unpaired) electrons. The van der Waals surface area contributed by atoms with Crippen molar-refractivity contribution in [3.8, 4) is 11.5 Å². The maximum absolute atomic E-state index is 5.42. The van der Waals surface area contributed by atoms with E-state index in [-0.39, 0.29) is 0 Å². The minimum atomic E-state index is 0.293. The van der Waals surface area contributed by atoms with Crippen LogP contribution in [0, 0.1) is 6.92 Å². The van der Waals surface area contributed by atoms with E-state index in [0.717, 1.165) is 5.69 Å². The van der Waals surface area contributed by atoms with Crippen molar-refractivity contribution >= 4 is 5.82 Å². The molecule has 0 fully saturated rings. The molecule has 3 N–H and O–H groups in total. The summed E-state index contributed by atoms with van der Waals surface area (Å²) in [6.07, 6.45) is 1.69. The molecule has 0 saturated carbocycles. The van der Waals surface area contributed by atoms with Crippen molar-refractivity contribution in [1.82, 2.24) is 19.9 Å². The molecule has 2 rings (SSSR count). The number of nitrogens with two attached hydrogens (primary N) is 1. The summed E-state index contributed by atoms with van der Waals surface area (Å²) in [4.78, 5) is 17.2. The van der Waals surface area contributed by atoms with Crippen LogP contribution >= 0.6 is 0 Å². The Bertz CT molecular complexity index is 552. The molecule has 18 heavy (non-hydrogen) atoms. The molecule has 0 aromatic carbocycles. The van der Waals surface area contributed by atoms with Crippen LogP contribution < -0.4 is 11.3 Å². The summed E-state index contributed by atoms with van der Waals surface area (Å²) in [5, 5.41) is 0. The fraction of sp³-hybridized carbons (Fsp3) is 0.333. The van der Waals surface area contributed by atoms with Gasteiger partial charge in [-0.2, -0.15) is 0 Å². The molecular formula is C12H16N6. The number of aromatic nitrogens is 4. The van der Waals surface area contributed by atoms with Gasteiger partial charge >= 0.3 is 0 Å². The van der Waals surface area contributed by atoms with Crippen LogP contribution in [0.1, 0.15) is 31.3 Å². The van der Waals surface area contributed by atoms with Gasteiger partial charge in [-0.3, -0.25) is 0 Å². The van der Waals surface area contributed by atoms with Crippen LogP contribution in [0.25, 0.3) is 11.5 Å². The number of hydrogen-bond acceptors (Lipinski definition) is 6. The number of nitrogen functional groups attached to an aromatic ring is 1. The third-order valence-corrected chi connectivity index (χ3v) is 2.49. The second-order valence-electron chi connectivity index (χ2n) is 4.29. The Kier molecular flexibility index (Phi) is 3.47. The second kappa shape index (κ2) is 5.05. The Morgan fingerprint density at radius 2 is 2.00 bits per heavy atom. The van der Waals surface area contributed by atoms with Crippen molar-refractivity contribution in [2.75, 3.05) is 5.43 Å². The highest BCUT2D eigenvalue weighted by Gasteiger charge is 2.10. The van der Waals surface area contributed by atoms with Gasteiger partial charge in [0.1, 0.15) is 17.3 Å². The molecule has 0 atom stereocenters. The summed E-state index contributed by atoms with van der Waals surface area (Å²) in [6.45, 7) is 5.97. The summed E-state index contributed by atoms with van der Waals surface area (Å²) in [6, 6.07) is 3.62. The molecule has 2 aromatic rings. The number of hydrogen-bond donors (Lipinski definition) is 2. The summed E-state index contributed by atoms with van der Waals surface area (Å²) >= 11 is 0. The maximum Gasteiger partial charge on any atom is 0.180 e. The predicted molar refractivity (Wildman–Crippen MR) is 69.7 cm³/mol. The smallest absolute Gasteiger partial charge is 0.180 e. The molecule has 0 aliphatic rings. The van der Waals surface area contributed by atoms with Crippen LogP contribution in [0.15, 0.2) is 18.3 Å². The largest absolute Gasteiger partial charge is 0.308 e. The Morgan fingerprint density at radius 1 is 1.22 bits per heavy atom. The highest BCUT2D eigenvalue weighted by Crippen LogP contribution is 2.19. The number of hydrazine groups is 1. The molecule has 2 heterocycles. The van der Waals surface area contributed by atoms with Crippen molar-refractivity contribution in [2.24, 2.45) is 5.84 Å². The molecule has 6 nitrogen and oxygen atoms in total. The van der Waals surface area contributed by atoms with Gasteiger partial charge in [-0.15, -0.1) is 0 Å². The quantitative estimate of drug-likeness (QED) is 0.630. The zero-order valence-electron chi connectivity index (χ0n) is 10.7. The van der Waals surface area contributed by atoms with Gasteiger partial charge < -0.3 is 5.43 Å². The van der Waals surface area contributed by atoms with E-state index in [1.165, 1.54) is 0 Å². The van der Waals surface area contributed by atoms with Gasteiger partial charge in [0.05, 0.1) is 0 Å². The van der Waals surface area contributed by atoms with E-state index < -0.39 is 0 Å². The Hall–Kier alpha value is -2.08. The molecule has 6 heteroatoms. The number of aryl methyl sites for hydroxylation is 1. The van der Waals surface area contributed by atoms with E-state index in [4.69, 9.17) is 5.84 Å². The van der Waals surface area contributed by atoms with Crippen LogP contribution in [0.2, 0.25) is 0 Å². The zero-order valence-corrected chi connectivity index (χ0v) is 10.7. The first-order valence-corrected chi connectivity index (χ1v) is 5.75. The summed E-state index contributed by atoms with van der Waals surface area (Å²) in [7, 11) is 0. The first-order valence-electron chi connectivity index (χ1n) is 5.75. The molecular weight excluding hydrogens is 228 g/mol. The Morgan fingerprint density at radius 3 is 2.61 bits per heavy atom. The molecule has 0 bridgehead atoms. The molecule has 0 saturated heterocycles. The van der Waals surface area contributed by atoms with Gasteiger partial charge in [0.15, 0.2) is 5.82 Å². The molecule has 94 valence electrons. The fourth-order valence-corrected chi connectivity index (χ4v) is 1.53. The normalized spacial score (nSPS) is 10.7. The van der Waals surface area contributed by atoms with Gasteiger partial charge in [-0.25, -0.2) is 25.8 Å². The van der Waals surface area contributed by atoms with Crippen LogP contribution in [0.5, 0.6) is 0 Å². The van der Waals surface area contributed by atoms with Crippen LogP contribution in [-0.4, -0.2) is 19.9 Å². The molecule has 0 aliphatic heterocycles. The number of rotatable bonds is 3. The molecule has 0 spiro atoms.